The Morgan fingerprint density at radius 1 is 1.33 bits per heavy atom. The molecule has 0 spiro atoms. The van der Waals surface area contributed by atoms with E-state index < -0.39 is 0 Å². The molecule has 0 aliphatic rings. The fourth-order valence-corrected chi connectivity index (χ4v) is 2.32. The van der Waals surface area contributed by atoms with Gasteiger partial charge in [-0.15, -0.1) is 0 Å². The van der Waals surface area contributed by atoms with Gasteiger partial charge in [0.15, 0.2) is 0 Å². The predicted octanol–water partition coefficient (Wildman–Crippen LogP) is 3.92. The second-order valence-corrected chi connectivity index (χ2v) is 6.06. The maximum absolute atomic E-state index is 5.84. The topological polar surface area (TPSA) is 39.1 Å². The molecule has 0 radical (unpaired) electrons. The zero-order valence-electron chi connectivity index (χ0n) is 12.8. The van der Waals surface area contributed by atoms with Gasteiger partial charge in [-0.05, 0) is 50.2 Å². The molecule has 1 aromatic heterocycles. The van der Waals surface area contributed by atoms with Crippen molar-refractivity contribution in [3.8, 4) is 5.75 Å². The first-order valence-electron chi connectivity index (χ1n) is 7.26. The van der Waals surface area contributed by atoms with Gasteiger partial charge >= 0.3 is 0 Å². The number of nitrogens with one attached hydrogen (secondary N) is 1. The van der Waals surface area contributed by atoms with Gasteiger partial charge in [0.1, 0.15) is 12.4 Å². The summed E-state index contributed by atoms with van der Waals surface area (Å²) in [6.07, 6.45) is 1.99. The summed E-state index contributed by atoms with van der Waals surface area (Å²) in [5, 5.41) is 7.81. The van der Waals surface area contributed by atoms with Crippen molar-refractivity contribution in [2.24, 2.45) is 0 Å². The van der Waals surface area contributed by atoms with Crippen molar-refractivity contribution < 1.29 is 4.74 Å². The van der Waals surface area contributed by atoms with Crippen LogP contribution in [0.1, 0.15) is 38.1 Å². The van der Waals surface area contributed by atoms with Gasteiger partial charge in [-0.2, -0.15) is 5.10 Å². The van der Waals surface area contributed by atoms with Crippen LogP contribution in [-0.4, -0.2) is 16.3 Å². The largest absolute Gasteiger partial charge is 0.487 e. The van der Waals surface area contributed by atoms with E-state index in [1.807, 2.05) is 29.1 Å². The summed E-state index contributed by atoms with van der Waals surface area (Å²) in [6, 6.07) is 8.43. The molecule has 0 saturated carbocycles. The first kappa shape index (κ1) is 16.0. The predicted molar refractivity (Wildman–Crippen MR) is 88.5 cm³/mol. The second kappa shape index (κ2) is 7.61. The molecule has 0 aliphatic carbocycles. The van der Waals surface area contributed by atoms with Crippen LogP contribution in [0.25, 0.3) is 0 Å². The molecule has 0 amide bonds. The minimum absolute atomic E-state index is 0.373. The Labute approximate surface area is 134 Å². The van der Waals surface area contributed by atoms with Gasteiger partial charge in [0.2, 0.25) is 0 Å². The van der Waals surface area contributed by atoms with Gasteiger partial charge in [-0.3, -0.25) is 4.68 Å². The standard InChI is InChI=1S/C16H22BrN3O/c1-4-18-10-13-9-15(5-6-16(13)17)21-11-14-7-8-20(19-14)12(2)3/h5-9,12,18H,4,10-11H2,1-3H3. The molecule has 1 aromatic carbocycles. The summed E-state index contributed by atoms with van der Waals surface area (Å²) in [5.74, 6) is 0.866. The van der Waals surface area contributed by atoms with Gasteiger partial charge < -0.3 is 10.1 Å². The Morgan fingerprint density at radius 3 is 2.81 bits per heavy atom. The van der Waals surface area contributed by atoms with Crippen LogP contribution in [0, 0.1) is 0 Å². The van der Waals surface area contributed by atoms with Gasteiger partial charge in [0.25, 0.3) is 0 Å². The quantitative estimate of drug-likeness (QED) is 0.821. The van der Waals surface area contributed by atoms with Crippen molar-refractivity contribution in [3.05, 3.63) is 46.2 Å². The zero-order valence-corrected chi connectivity index (χ0v) is 14.4. The minimum Gasteiger partial charge on any atom is -0.487 e. The molecule has 114 valence electrons. The zero-order chi connectivity index (χ0) is 15.2. The van der Waals surface area contributed by atoms with Gasteiger partial charge in [-0.1, -0.05) is 22.9 Å². The van der Waals surface area contributed by atoms with Crippen LogP contribution in [0.15, 0.2) is 34.9 Å². The molecular formula is C16H22BrN3O. The fraction of sp³-hybridized carbons (Fsp3) is 0.438. The summed E-state index contributed by atoms with van der Waals surface area (Å²) < 4.78 is 8.87. The van der Waals surface area contributed by atoms with Crippen LogP contribution in [0.2, 0.25) is 0 Å². The van der Waals surface area contributed by atoms with Crippen LogP contribution >= 0.6 is 15.9 Å². The third kappa shape index (κ3) is 4.58. The van der Waals surface area contributed by atoms with Crippen LogP contribution in [-0.2, 0) is 13.2 Å². The average Bonchev–Trinajstić information content (AvgIpc) is 2.94. The second-order valence-electron chi connectivity index (χ2n) is 5.20. The maximum Gasteiger partial charge on any atom is 0.132 e. The van der Waals surface area contributed by atoms with Gasteiger partial charge in [0.05, 0.1) is 5.69 Å². The van der Waals surface area contributed by atoms with E-state index >= 15 is 0 Å². The normalized spacial score (nSPS) is 11.1. The van der Waals surface area contributed by atoms with Crippen molar-refractivity contribution in [3.63, 3.8) is 0 Å². The molecule has 2 rings (SSSR count). The third-order valence-corrected chi connectivity index (χ3v) is 3.94. The number of halogens is 1. The molecule has 21 heavy (non-hydrogen) atoms. The molecule has 1 heterocycles. The SMILES string of the molecule is CCNCc1cc(OCc2ccn(C(C)C)n2)ccc1Br. The number of rotatable bonds is 7. The Morgan fingerprint density at radius 2 is 2.14 bits per heavy atom. The summed E-state index contributed by atoms with van der Waals surface area (Å²) in [5.41, 5.74) is 2.14. The summed E-state index contributed by atoms with van der Waals surface area (Å²) in [6.45, 7) is 8.58. The Kier molecular flexibility index (Phi) is 5.82. The number of hydrogen-bond donors (Lipinski definition) is 1. The van der Waals surface area contributed by atoms with Crippen molar-refractivity contribution in [2.75, 3.05) is 6.54 Å². The molecule has 0 saturated heterocycles. The number of nitrogens with zero attached hydrogens (tertiary/aromatic N) is 2. The highest BCUT2D eigenvalue weighted by Crippen LogP contribution is 2.23. The van der Waals surface area contributed by atoms with E-state index in [-0.39, 0.29) is 0 Å². The number of benzene rings is 1. The Bertz CT molecular complexity index is 581. The van der Waals surface area contributed by atoms with E-state index in [0.717, 1.165) is 29.0 Å². The molecular weight excluding hydrogens is 330 g/mol. The molecule has 1 N–H and O–H groups in total. The van der Waals surface area contributed by atoms with Crippen molar-refractivity contribution in [1.82, 2.24) is 15.1 Å². The molecule has 0 unspecified atom stereocenters. The molecule has 5 heteroatoms. The maximum atomic E-state index is 5.84. The number of hydrogen-bond acceptors (Lipinski definition) is 3. The first-order valence-corrected chi connectivity index (χ1v) is 8.05. The molecule has 2 aromatic rings. The van der Waals surface area contributed by atoms with Crippen LogP contribution in [0.4, 0.5) is 0 Å². The highest BCUT2D eigenvalue weighted by atomic mass is 79.9. The lowest BCUT2D eigenvalue weighted by atomic mass is 10.2. The van der Waals surface area contributed by atoms with Crippen molar-refractivity contribution in [2.45, 2.75) is 40.0 Å². The highest BCUT2D eigenvalue weighted by molar-refractivity contribution is 9.10. The molecule has 0 fully saturated rings. The number of aromatic nitrogens is 2. The Hall–Kier alpha value is -1.33. The lowest BCUT2D eigenvalue weighted by Gasteiger charge is -2.09. The first-order chi connectivity index (χ1) is 10.1. The van der Waals surface area contributed by atoms with Crippen LogP contribution in [0.5, 0.6) is 5.75 Å². The van der Waals surface area contributed by atoms with E-state index in [9.17, 15) is 0 Å². The van der Waals surface area contributed by atoms with Gasteiger partial charge in [-0.25, -0.2) is 0 Å². The van der Waals surface area contributed by atoms with Gasteiger partial charge in [0, 0.05) is 23.3 Å². The van der Waals surface area contributed by atoms with E-state index in [4.69, 9.17) is 4.74 Å². The van der Waals surface area contributed by atoms with E-state index in [0.29, 0.717) is 12.6 Å². The van der Waals surface area contributed by atoms with Crippen molar-refractivity contribution >= 4 is 15.9 Å². The summed E-state index contributed by atoms with van der Waals surface area (Å²) in [7, 11) is 0. The summed E-state index contributed by atoms with van der Waals surface area (Å²) in [4.78, 5) is 0. The monoisotopic (exact) mass is 351 g/mol. The highest BCUT2D eigenvalue weighted by Gasteiger charge is 2.05. The smallest absolute Gasteiger partial charge is 0.132 e. The molecule has 0 bridgehead atoms. The summed E-state index contributed by atoms with van der Waals surface area (Å²) >= 11 is 3.56. The van der Waals surface area contributed by atoms with E-state index in [2.05, 4.69) is 53.2 Å². The van der Waals surface area contributed by atoms with E-state index in [1.54, 1.807) is 0 Å². The third-order valence-electron chi connectivity index (χ3n) is 3.16. The lowest BCUT2D eigenvalue weighted by molar-refractivity contribution is 0.298. The molecule has 0 atom stereocenters. The average molecular weight is 352 g/mol. The Balaban J connectivity index is 1.98. The molecule has 4 nitrogen and oxygen atoms in total. The number of ether oxygens (including phenoxy) is 1. The minimum atomic E-state index is 0.373. The fourth-order valence-electron chi connectivity index (χ4n) is 1.94. The van der Waals surface area contributed by atoms with Crippen LogP contribution in [0.3, 0.4) is 0 Å². The van der Waals surface area contributed by atoms with E-state index in [1.165, 1.54) is 5.56 Å². The van der Waals surface area contributed by atoms with Crippen LogP contribution < -0.4 is 10.1 Å². The van der Waals surface area contributed by atoms with Crippen molar-refractivity contribution in [1.29, 1.82) is 0 Å². The molecule has 0 aliphatic heterocycles. The lowest BCUT2D eigenvalue weighted by Crippen LogP contribution is -2.12.